The van der Waals surface area contributed by atoms with E-state index < -0.39 is 32.8 Å². The molecule has 0 fully saturated rings. The van der Waals surface area contributed by atoms with Gasteiger partial charge in [-0.25, -0.2) is 4.39 Å². The molecule has 0 heterocycles. The van der Waals surface area contributed by atoms with Gasteiger partial charge in [0.15, 0.2) is 0 Å². The fourth-order valence-corrected chi connectivity index (χ4v) is 1.67. The minimum atomic E-state index is -4.97. The van der Waals surface area contributed by atoms with Crippen molar-refractivity contribution in [2.45, 2.75) is 6.18 Å². The molecular weight excluding hydrogens is 348 g/mol. The minimum absolute atomic E-state index is 0.0247. The van der Waals surface area contributed by atoms with E-state index in [0.717, 1.165) is 7.11 Å². The van der Waals surface area contributed by atoms with Gasteiger partial charge < -0.3 is 0 Å². The molecule has 10 heteroatoms. The first-order valence-electron chi connectivity index (χ1n) is 4.74. The lowest BCUT2D eigenvalue weighted by Gasteiger charge is -2.19. The van der Waals surface area contributed by atoms with Crippen LogP contribution >= 0.6 is 34.8 Å². The third kappa shape index (κ3) is 3.67. The summed E-state index contributed by atoms with van der Waals surface area (Å²) in [5.74, 6) is -1.60. The van der Waals surface area contributed by atoms with Gasteiger partial charge >= 0.3 is 6.18 Å². The van der Waals surface area contributed by atoms with E-state index in [0.29, 0.717) is 12.1 Å². The van der Waals surface area contributed by atoms with Crippen molar-refractivity contribution >= 4 is 45.5 Å². The van der Waals surface area contributed by atoms with E-state index in [1.807, 2.05) is 0 Å². The van der Waals surface area contributed by atoms with E-state index >= 15 is 0 Å². The highest BCUT2D eigenvalue weighted by molar-refractivity contribution is 6.67. The van der Waals surface area contributed by atoms with Crippen molar-refractivity contribution in [2.24, 2.45) is 0 Å². The monoisotopic (exact) mass is 353 g/mol. The Labute approximate surface area is 125 Å². The number of hydrogen-bond acceptors (Lipinski definition) is 3. The van der Waals surface area contributed by atoms with Crippen molar-refractivity contribution in [3.8, 4) is 0 Å². The van der Waals surface area contributed by atoms with Crippen LogP contribution in [0.4, 0.5) is 23.2 Å². The molecule has 0 saturated heterocycles. The molecule has 3 nitrogen and oxygen atoms in total. The lowest BCUT2D eigenvalue weighted by atomic mass is 10.1. The Morgan fingerprint density at radius 2 is 1.80 bits per heavy atom. The molecule has 0 aliphatic heterocycles. The molecule has 0 spiro atoms. The standard InChI is InChI=1S/C10H6Cl3F4NO2/c1-20-18(19)7-3-5(10(15,16)17)6(14)2-4(7)8(11)9(12)13/h2-3,19H,1H3. The van der Waals surface area contributed by atoms with Crippen molar-refractivity contribution < 1.29 is 27.6 Å². The van der Waals surface area contributed by atoms with E-state index in [-0.39, 0.29) is 10.8 Å². The minimum Gasteiger partial charge on any atom is -0.264 e. The fourth-order valence-electron chi connectivity index (χ4n) is 1.31. The highest BCUT2D eigenvalue weighted by Gasteiger charge is 2.36. The Kier molecular flexibility index (Phi) is 5.51. The number of alkyl halides is 3. The van der Waals surface area contributed by atoms with Gasteiger partial charge in [0.2, 0.25) is 0 Å². The number of halogens is 7. The van der Waals surface area contributed by atoms with Crippen LogP contribution in [0.25, 0.3) is 5.03 Å². The van der Waals surface area contributed by atoms with Crippen molar-refractivity contribution in [3.05, 3.63) is 33.6 Å². The van der Waals surface area contributed by atoms with Gasteiger partial charge in [-0.1, -0.05) is 34.8 Å². The number of nitrogens with zero attached hydrogens (tertiary/aromatic N) is 1. The average Bonchev–Trinajstić information content (AvgIpc) is 2.34. The summed E-state index contributed by atoms with van der Waals surface area (Å²) >= 11 is 16.4. The predicted molar refractivity (Wildman–Crippen MR) is 67.2 cm³/mol. The Morgan fingerprint density at radius 3 is 2.20 bits per heavy atom. The summed E-state index contributed by atoms with van der Waals surface area (Å²) in [5.41, 5.74) is -2.56. The number of benzene rings is 1. The smallest absolute Gasteiger partial charge is 0.264 e. The second kappa shape index (κ2) is 6.36. The molecule has 0 bridgehead atoms. The molecule has 0 unspecified atom stereocenters. The molecule has 0 radical (unpaired) electrons. The first kappa shape index (κ1) is 17.3. The van der Waals surface area contributed by atoms with Crippen LogP contribution in [0.15, 0.2) is 16.6 Å². The predicted octanol–water partition coefficient (Wildman–Crippen LogP) is 4.94. The van der Waals surface area contributed by atoms with Crippen LogP contribution in [-0.4, -0.2) is 12.3 Å². The van der Waals surface area contributed by atoms with Gasteiger partial charge in [-0.3, -0.25) is 10.0 Å². The van der Waals surface area contributed by atoms with Gasteiger partial charge in [-0.2, -0.15) is 13.2 Å². The van der Waals surface area contributed by atoms with E-state index in [2.05, 4.69) is 4.84 Å². The van der Waals surface area contributed by atoms with Crippen LogP contribution in [0.1, 0.15) is 11.1 Å². The summed E-state index contributed by atoms with van der Waals surface area (Å²) in [6.45, 7) is 0. The van der Waals surface area contributed by atoms with Crippen LogP contribution in [0, 0.1) is 5.82 Å². The Balaban J connectivity index is 3.62. The number of anilines is 1. The highest BCUT2D eigenvalue weighted by Crippen LogP contribution is 2.40. The summed E-state index contributed by atoms with van der Waals surface area (Å²) in [4.78, 5) is 4.35. The number of hydrogen-bond donors (Lipinski definition) is 1. The van der Waals surface area contributed by atoms with Crippen LogP contribution in [0.3, 0.4) is 0 Å². The first-order valence-corrected chi connectivity index (χ1v) is 5.88. The van der Waals surface area contributed by atoms with Gasteiger partial charge in [0.05, 0.1) is 17.7 Å². The Bertz CT molecular complexity index is 544. The third-order valence-electron chi connectivity index (χ3n) is 2.17. The summed E-state index contributed by atoms with van der Waals surface area (Å²) in [6, 6.07) is 0.751. The molecule has 0 aliphatic carbocycles. The Hall–Kier alpha value is -0.730. The van der Waals surface area contributed by atoms with Crippen molar-refractivity contribution in [3.63, 3.8) is 0 Å². The van der Waals surface area contributed by atoms with E-state index in [4.69, 9.17) is 34.8 Å². The molecule has 0 atom stereocenters. The zero-order chi connectivity index (χ0) is 15.7. The van der Waals surface area contributed by atoms with Crippen molar-refractivity contribution in [2.75, 3.05) is 12.3 Å². The van der Waals surface area contributed by atoms with E-state index in [9.17, 15) is 22.8 Å². The second-order valence-electron chi connectivity index (χ2n) is 3.38. The maximum Gasteiger partial charge on any atom is 0.419 e. The van der Waals surface area contributed by atoms with Crippen LogP contribution in [-0.2, 0) is 11.0 Å². The van der Waals surface area contributed by atoms with Crippen LogP contribution in [0.2, 0.25) is 0 Å². The zero-order valence-corrected chi connectivity index (χ0v) is 11.9. The maximum absolute atomic E-state index is 13.5. The quantitative estimate of drug-likeness (QED) is 0.616. The molecule has 20 heavy (non-hydrogen) atoms. The van der Waals surface area contributed by atoms with Crippen LogP contribution in [0.5, 0.6) is 0 Å². The largest absolute Gasteiger partial charge is 0.419 e. The lowest BCUT2D eigenvalue weighted by molar-refractivity contribution is -0.140. The summed E-state index contributed by atoms with van der Waals surface area (Å²) < 4.78 is 50.8. The molecule has 112 valence electrons. The molecule has 0 aromatic heterocycles. The molecule has 0 amide bonds. The molecule has 1 aromatic rings. The average molecular weight is 355 g/mol. The zero-order valence-electron chi connectivity index (χ0n) is 9.60. The molecule has 0 aliphatic rings. The number of rotatable bonds is 3. The molecule has 1 N–H and O–H groups in total. The van der Waals surface area contributed by atoms with E-state index in [1.165, 1.54) is 0 Å². The Morgan fingerprint density at radius 1 is 1.25 bits per heavy atom. The first-order chi connectivity index (χ1) is 9.09. The van der Waals surface area contributed by atoms with Gasteiger partial charge in [-0.05, 0) is 12.1 Å². The molecule has 1 aromatic carbocycles. The topological polar surface area (TPSA) is 32.7 Å². The summed E-state index contributed by atoms with van der Waals surface area (Å²) in [6.07, 6.45) is -4.97. The van der Waals surface area contributed by atoms with Gasteiger partial charge in [0, 0.05) is 5.56 Å². The van der Waals surface area contributed by atoms with Gasteiger partial charge in [0.25, 0.3) is 0 Å². The normalized spacial score (nSPS) is 11.4. The highest BCUT2D eigenvalue weighted by atomic mass is 35.5. The van der Waals surface area contributed by atoms with Gasteiger partial charge in [-0.15, -0.1) is 5.23 Å². The SMILES string of the molecule is CON(O)c1cc(C(F)(F)F)c(F)cc1C(Cl)=C(Cl)Cl. The second-order valence-corrected chi connectivity index (χ2v) is 4.70. The maximum atomic E-state index is 13.5. The molecule has 0 saturated carbocycles. The van der Waals surface area contributed by atoms with E-state index in [1.54, 1.807) is 0 Å². The van der Waals surface area contributed by atoms with Gasteiger partial charge in [0.1, 0.15) is 16.0 Å². The van der Waals surface area contributed by atoms with Crippen molar-refractivity contribution in [1.82, 2.24) is 0 Å². The lowest BCUT2D eigenvalue weighted by Crippen LogP contribution is -2.19. The summed E-state index contributed by atoms with van der Waals surface area (Å²) in [5, 5.41) is 8.90. The van der Waals surface area contributed by atoms with Crippen molar-refractivity contribution in [1.29, 1.82) is 0 Å². The summed E-state index contributed by atoms with van der Waals surface area (Å²) in [7, 11) is 0.973. The third-order valence-corrected chi connectivity index (χ3v) is 3.14. The molecule has 1 rings (SSSR count). The van der Waals surface area contributed by atoms with Crippen LogP contribution < -0.4 is 5.23 Å². The molecular formula is C10H6Cl3F4NO2. The fraction of sp³-hybridized carbons (Fsp3) is 0.200.